The third-order valence-corrected chi connectivity index (χ3v) is 3.46. The maximum atomic E-state index is 12.9. The zero-order valence-electron chi connectivity index (χ0n) is 9.33. The van der Waals surface area contributed by atoms with Gasteiger partial charge in [0.15, 0.2) is 0 Å². The molecule has 92 valence electrons. The molecule has 0 aliphatic heterocycles. The van der Waals surface area contributed by atoms with Crippen LogP contribution in [0, 0.1) is 17.7 Å². The van der Waals surface area contributed by atoms with Gasteiger partial charge in [-0.2, -0.15) is 0 Å². The molecule has 0 bridgehead atoms. The molecule has 0 fully saturated rings. The van der Waals surface area contributed by atoms with Crippen LogP contribution in [0.4, 0.5) is 10.1 Å². The van der Waals surface area contributed by atoms with E-state index in [4.69, 9.17) is 5.73 Å². The van der Waals surface area contributed by atoms with Crippen LogP contribution in [-0.2, 0) is 10.0 Å². The molecular formula is C11H13FN2O2S. The number of rotatable bonds is 4. The molecule has 0 unspecified atom stereocenters. The highest BCUT2D eigenvalue weighted by molar-refractivity contribution is 7.89. The van der Waals surface area contributed by atoms with Crippen molar-refractivity contribution in [1.29, 1.82) is 0 Å². The lowest BCUT2D eigenvalue weighted by Crippen LogP contribution is -2.24. The number of anilines is 1. The number of halogens is 1. The van der Waals surface area contributed by atoms with E-state index in [1.54, 1.807) is 6.92 Å². The second kappa shape index (κ2) is 5.66. The smallest absolute Gasteiger partial charge is 0.240 e. The fourth-order valence-electron chi connectivity index (χ4n) is 1.15. The molecule has 0 aliphatic rings. The van der Waals surface area contributed by atoms with Crippen molar-refractivity contribution in [2.24, 2.45) is 0 Å². The van der Waals surface area contributed by atoms with Gasteiger partial charge in [-0.25, -0.2) is 17.5 Å². The Balaban J connectivity index is 2.81. The van der Waals surface area contributed by atoms with Gasteiger partial charge in [0.25, 0.3) is 0 Å². The Bertz CT molecular complexity index is 559. The van der Waals surface area contributed by atoms with Crippen molar-refractivity contribution in [2.75, 3.05) is 12.3 Å². The molecule has 1 aromatic carbocycles. The number of nitrogens with one attached hydrogen (secondary N) is 1. The molecule has 0 heterocycles. The van der Waals surface area contributed by atoms with Gasteiger partial charge < -0.3 is 5.73 Å². The Morgan fingerprint density at radius 2 is 2.18 bits per heavy atom. The summed E-state index contributed by atoms with van der Waals surface area (Å²) in [4.78, 5) is -0.0548. The summed E-state index contributed by atoms with van der Waals surface area (Å²) in [6, 6.07) is 3.28. The van der Waals surface area contributed by atoms with Gasteiger partial charge in [-0.3, -0.25) is 0 Å². The van der Waals surface area contributed by atoms with Gasteiger partial charge in [-0.05, 0) is 25.1 Å². The summed E-state index contributed by atoms with van der Waals surface area (Å²) in [6.45, 7) is 1.88. The van der Waals surface area contributed by atoms with Crippen LogP contribution >= 0.6 is 0 Å². The zero-order valence-corrected chi connectivity index (χ0v) is 10.1. The van der Waals surface area contributed by atoms with Gasteiger partial charge >= 0.3 is 0 Å². The second-order valence-electron chi connectivity index (χ2n) is 3.26. The number of nitrogen functional groups attached to an aromatic ring is 1. The summed E-state index contributed by atoms with van der Waals surface area (Å²) in [5, 5.41) is 0. The van der Waals surface area contributed by atoms with Crippen LogP contribution < -0.4 is 10.5 Å². The van der Waals surface area contributed by atoms with Crippen molar-refractivity contribution in [3.8, 4) is 11.8 Å². The maximum absolute atomic E-state index is 12.9. The third-order valence-electron chi connectivity index (χ3n) is 2.00. The minimum Gasteiger partial charge on any atom is -0.396 e. The van der Waals surface area contributed by atoms with Gasteiger partial charge in [0.1, 0.15) is 5.82 Å². The molecule has 1 rings (SSSR count). The summed E-state index contributed by atoms with van der Waals surface area (Å²) in [6.07, 6.45) is 0.423. The molecule has 4 nitrogen and oxygen atoms in total. The van der Waals surface area contributed by atoms with Gasteiger partial charge in [0.2, 0.25) is 10.0 Å². The van der Waals surface area contributed by atoms with Crippen molar-refractivity contribution < 1.29 is 12.8 Å². The standard InChI is InChI=1S/C11H13FN2O2S/c1-2-3-4-7-14-17(15,16)9-5-6-10(12)11(13)8-9/h5-6,8,14H,4,7,13H2,1H3. The summed E-state index contributed by atoms with van der Waals surface area (Å²) < 4.78 is 38.7. The zero-order chi connectivity index (χ0) is 12.9. The van der Waals surface area contributed by atoms with E-state index in [9.17, 15) is 12.8 Å². The number of hydrogen-bond acceptors (Lipinski definition) is 3. The van der Waals surface area contributed by atoms with Gasteiger partial charge in [0.05, 0.1) is 10.6 Å². The summed E-state index contributed by atoms with van der Waals surface area (Å²) in [5.41, 5.74) is 5.11. The molecule has 0 aromatic heterocycles. The van der Waals surface area contributed by atoms with E-state index < -0.39 is 15.8 Å². The molecular weight excluding hydrogens is 243 g/mol. The molecule has 0 atom stereocenters. The van der Waals surface area contributed by atoms with Crippen LogP contribution in [0.15, 0.2) is 23.1 Å². The fourth-order valence-corrected chi connectivity index (χ4v) is 2.21. The number of sulfonamides is 1. The Morgan fingerprint density at radius 1 is 1.47 bits per heavy atom. The van der Waals surface area contributed by atoms with E-state index in [1.165, 1.54) is 6.07 Å². The van der Waals surface area contributed by atoms with Crippen LogP contribution in [0.1, 0.15) is 13.3 Å². The molecule has 0 saturated heterocycles. The first kappa shape index (κ1) is 13.5. The third kappa shape index (κ3) is 3.73. The van der Waals surface area contributed by atoms with E-state index in [0.29, 0.717) is 6.42 Å². The van der Waals surface area contributed by atoms with Crippen LogP contribution in [-0.4, -0.2) is 15.0 Å². The first-order valence-electron chi connectivity index (χ1n) is 4.91. The van der Waals surface area contributed by atoms with Crippen molar-refractivity contribution in [3.63, 3.8) is 0 Å². The maximum Gasteiger partial charge on any atom is 0.240 e. The lowest BCUT2D eigenvalue weighted by Gasteiger charge is -2.06. The SMILES string of the molecule is CC#CCCNS(=O)(=O)c1ccc(F)c(N)c1. The molecule has 17 heavy (non-hydrogen) atoms. The van der Waals surface area contributed by atoms with Crippen LogP contribution in [0.2, 0.25) is 0 Å². The highest BCUT2D eigenvalue weighted by Crippen LogP contribution is 2.16. The van der Waals surface area contributed by atoms with Crippen molar-refractivity contribution in [1.82, 2.24) is 4.72 Å². The monoisotopic (exact) mass is 256 g/mol. The van der Waals surface area contributed by atoms with Crippen LogP contribution in [0.3, 0.4) is 0 Å². The topological polar surface area (TPSA) is 72.2 Å². The summed E-state index contributed by atoms with van der Waals surface area (Å²) >= 11 is 0. The molecule has 6 heteroatoms. The Morgan fingerprint density at radius 3 is 2.76 bits per heavy atom. The second-order valence-corrected chi connectivity index (χ2v) is 5.02. The predicted octanol–water partition coefficient (Wildman–Crippen LogP) is 1.10. The average molecular weight is 256 g/mol. The number of nitrogens with two attached hydrogens (primary N) is 1. The van der Waals surface area contributed by atoms with Crippen LogP contribution in [0.5, 0.6) is 0 Å². The van der Waals surface area contributed by atoms with Crippen molar-refractivity contribution in [3.05, 3.63) is 24.0 Å². The first-order valence-corrected chi connectivity index (χ1v) is 6.40. The van der Waals surface area contributed by atoms with Gasteiger partial charge in [-0.15, -0.1) is 11.8 Å². The Hall–Kier alpha value is -1.58. The minimum absolute atomic E-state index is 0.0548. The van der Waals surface area contributed by atoms with Crippen molar-refractivity contribution >= 4 is 15.7 Å². The van der Waals surface area contributed by atoms with Crippen molar-refractivity contribution in [2.45, 2.75) is 18.2 Å². The first-order chi connectivity index (χ1) is 7.97. The molecule has 0 saturated carbocycles. The van der Waals surface area contributed by atoms with E-state index >= 15 is 0 Å². The normalized spacial score (nSPS) is 10.7. The Labute approximate surface area is 100 Å². The molecule has 0 amide bonds. The largest absolute Gasteiger partial charge is 0.396 e. The highest BCUT2D eigenvalue weighted by Gasteiger charge is 2.14. The highest BCUT2D eigenvalue weighted by atomic mass is 32.2. The molecule has 0 spiro atoms. The van der Waals surface area contributed by atoms with E-state index in [0.717, 1.165) is 12.1 Å². The lowest BCUT2D eigenvalue weighted by atomic mass is 10.3. The average Bonchev–Trinajstić information content (AvgIpc) is 2.28. The predicted molar refractivity (Wildman–Crippen MR) is 64.1 cm³/mol. The summed E-state index contributed by atoms with van der Waals surface area (Å²) in [7, 11) is -3.64. The van der Waals surface area contributed by atoms with Gasteiger partial charge in [-0.1, -0.05) is 0 Å². The number of benzene rings is 1. The number of hydrogen-bond donors (Lipinski definition) is 2. The molecule has 0 radical (unpaired) electrons. The van der Waals surface area contributed by atoms with E-state index in [-0.39, 0.29) is 17.1 Å². The lowest BCUT2D eigenvalue weighted by molar-refractivity contribution is 0.581. The van der Waals surface area contributed by atoms with E-state index in [2.05, 4.69) is 16.6 Å². The minimum atomic E-state index is -3.64. The molecule has 3 N–H and O–H groups in total. The quantitative estimate of drug-likeness (QED) is 0.481. The van der Waals surface area contributed by atoms with Gasteiger partial charge in [0, 0.05) is 13.0 Å². The summed E-state index contributed by atoms with van der Waals surface area (Å²) in [5.74, 6) is 4.75. The van der Waals surface area contributed by atoms with E-state index in [1.807, 2.05) is 0 Å². The Kier molecular flexibility index (Phi) is 4.49. The van der Waals surface area contributed by atoms with Crippen LogP contribution in [0.25, 0.3) is 0 Å². The fraction of sp³-hybridized carbons (Fsp3) is 0.273. The molecule has 1 aromatic rings. The molecule has 0 aliphatic carbocycles.